The van der Waals surface area contributed by atoms with E-state index in [1.165, 1.54) is 5.56 Å². The van der Waals surface area contributed by atoms with Gasteiger partial charge in [-0.25, -0.2) is 0 Å². The maximum Gasteiger partial charge on any atom is 0.220 e. The van der Waals surface area contributed by atoms with E-state index < -0.39 is 0 Å². The van der Waals surface area contributed by atoms with Crippen molar-refractivity contribution in [1.29, 1.82) is 0 Å². The number of ether oxygens (including phenoxy) is 2. The Hall–Kier alpha value is -1.07. The second-order valence-corrected chi connectivity index (χ2v) is 7.04. The van der Waals surface area contributed by atoms with Gasteiger partial charge in [0, 0.05) is 20.1 Å². The summed E-state index contributed by atoms with van der Waals surface area (Å²) in [5, 5.41) is 2.79. The zero-order valence-electron chi connectivity index (χ0n) is 13.9. The van der Waals surface area contributed by atoms with Crippen molar-refractivity contribution in [3.63, 3.8) is 0 Å². The minimum atomic E-state index is 0.0304. The molecule has 0 aliphatic rings. The Bertz CT molecular complexity index is 483. The van der Waals surface area contributed by atoms with Crippen molar-refractivity contribution in [3.05, 3.63) is 28.2 Å². The third kappa shape index (κ3) is 6.79. The fraction of sp³-hybridized carbons (Fsp3) is 0.588. The molecular weight excluding hydrogens is 346 g/mol. The smallest absolute Gasteiger partial charge is 0.220 e. The lowest BCUT2D eigenvalue weighted by molar-refractivity contribution is -0.121. The van der Waals surface area contributed by atoms with Crippen molar-refractivity contribution in [1.82, 2.24) is 5.32 Å². The normalized spacial score (nSPS) is 11.3. The number of halogens is 1. The first-order valence-electron chi connectivity index (χ1n) is 7.53. The molecule has 0 aromatic heterocycles. The molecule has 5 heteroatoms. The summed E-state index contributed by atoms with van der Waals surface area (Å²) >= 11 is 3.54. The number of methoxy groups -OCH3 is 1. The fourth-order valence-corrected chi connectivity index (χ4v) is 2.37. The molecule has 0 radical (unpaired) electrons. The van der Waals surface area contributed by atoms with Crippen LogP contribution in [0, 0.1) is 0 Å². The van der Waals surface area contributed by atoms with Crippen LogP contribution in [0.1, 0.15) is 39.2 Å². The highest BCUT2D eigenvalue weighted by Crippen LogP contribution is 2.31. The highest BCUT2D eigenvalue weighted by atomic mass is 79.9. The maximum absolute atomic E-state index is 11.5. The van der Waals surface area contributed by atoms with E-state index in [0.717, 1.165) is 10.2 Å². The highest BCUT2D eigenvalue weighted by molar-refractivity contribution is 9.10. The summed E-state index contributed by atoms with van der Waals surface area (Å²) in [6, 6.07) is 6.15. The van der Waals surface area contributed by atoms with Crippen molar-refractivity contribution < 1.29 is 14.3 Å². The molecule has 0 aliphatic carbocycles. The van der Waals surface area contributed by atoms with E-state index in [-0.39, 0.29) is 11.3 Å². The quantitative estimate of drug-likeness (QED) is 0.709. The largest absolute Gasteiger partial charge is 0.492 e. The molecule has 1 N–H and O–H groups in total. The van der Waals surface area contributed by atoms with Crippen LogP contribution in [0.4, 0.5) is 0 Å². The lowest BCUT2D eigenvalue weighted by Gasteiger charge is -2.20. The number of nitrogens with one attached hydrogen (secondary N) is 1. The van der Waals surface area contributed by atoms with Gasteiger partial charge in [-0.15, -0.1) is 0 Å². The van der Waals surface area contributed by atoms with Gasteiger partial charge in [0.05, 0.1) is 17.7 Å². The molecule has 0 bridgehead atoms. The van der Waals surface area contributed by atoms with E-state index in [2.05, 4.69) is 54.2 Å². The SMILES string of the molecule is COCCNC(=O)CCCOc1ccc(C(C)(C)C)cc1Br. The Morgan fingerprint density at radius 2 is 2.00 bits per heavy atom. The van der Waals surface area contributed by atoms with Gasteiger partial charge in [-0.3, -0.25) is 4.79 Å². The zero-order valence-corrected chi connectivity index (χ0v) is 15.5. The summed E-state index contributed by atoms with van der Waals surface area (Å²) in [4.78, 5) is 11.5. The Balaban J connectivity index is 2.35. The van der Waals surface area contributed by atoms with Gasteiger partial charge in [-0.05, 0) is 45.5 Å². The van der Waals surface area contributed by atoms with Gasteiger partial charge in [-0.1, -0.05) is 26.8 Å². The molecule has 0 unspecified atom stereocenters. The van der Waals surface area contributed by atoms with Crippen LogP contribution in [-0.2, 0) is 14.9 Å². The maximum atomic E-state index is 11.5. The molecule has 0 spiro atoms. The molecule has 124 valence electrons. The molecule has 22 heavy (non-hydrogen) atoms. The predicted octanol–water partition coefficient (Wildman–Crippen LogP) is 3.67. The summed E-state index contributed by atoms with van der Waals surface area (Å²) in [7, 11) is 1.61. The van der Waals surface area contributed by atoms with Crippen LogP contribution in [0.25, 0.3) is 0 Å². The van der Waals surface area contributed by atoms with Crippen molar-refractivity contribution in [3.8, 4) is 5.75 Å². The van der Waals surface area contributed by atoms with E-state index in [0.29, 0.717) is 32.6 Å². The molecule has 0 atom stereocenters. The third-order valence-corrected chi connectivity index (χ3v) is 3.85. The van der Waals surface area contributed by atoms with E-state index in [1.807, 2.05) is 6.07 Å². The number of hydrogen-bond acceptors (Lipinski definition) is 3. The van der Waals surface area contributed by atoms with E-state index in [4.69, 9.17) is 9.47 Å². The van der Waals surface area contributed by atoms with Gasteiger partial charge in [0.1, 0.15) is 5.75 Å². The topological polar surface area (TPSA) is 47.6 Å². The van der Waals surface area contributed by atoms with Gasteiger partial charge in [0.15, 0.2) is 0 Å². The number of carbonyl (C=O) groups excluding carboxylic acids is 1. The Kier molecular flexibility index (Phi) is 7.90. The monoisotopic (exact) mass is 371 g/mol. The average Bonchev–Trinajstić information content (AvgIpc) is 2.44. The van der Waals surface area contributed by atoms with Crippen LogP contribution < -0.4 is 10.1 Å². The first-order chi connectivity index (χ1) is 10.3. The first-order valence-corrected chi connectivity index (χ1v) is 8.32. The summed E-state index contributed by atoms with van der Waals surface area (Å²) in [5.74, 6) is 0.843. The van der Waals surface area contributed by atoms with Gasteiger partial charge in [0.25, 0.3) is 0 Å². The Morgan fingerprint density at radius 1 is 1.27 bits per heavy atom. The Morgan fingerprint density at radius 3 is 2.59 bits per heavy atom. The fourth-order valence-electron chi connectivity index (χ4n) is 1.88. The molecule has 0 saturated heterocycles. The number of rotatable bonds is 8. The van der Waals surface area contributed by atoms with Crippen molar-refractivity contribution in [2.45, 2.75) is 39.0 Å². The second kappa shape index (κ2) is 9.16. The molecule has 0 heterocycles. The molecule has 0 aliphatic heterocycles. The minimum Gasteiger partial charge on any atom is -0.492 e. The van der Waals surface area contributed by atoms with Crippen LogP contribution in [-0.4, -0.2) is 32.8 Å². The van der Waals surface area contributed by atoms with Crippen LogP contribution >= 0.6 is 15.9 Å². The summed E-state index contributed by atoms with van der Waals surface area (Å²) in [6.07, 6.45) is 1.15. The molecule has 1 amide bonds. The number of benzene rings is 1. The standard InChI is InChI=1S/C17H26BrNO3/c1-17(2,3)13-7-8-15(14(18)12-13)22-10-5-6-16(20)19-9-11-21-4/h7-8,12H,5-6,9-11H2,1-4H3,(H,19,20). The first kappa shape index (κ1) is 19.0. The molecular formula is C17H26BrNO3. The summed E-state index contributed by atoms with van der Waals surface area (Å²) in [5.41, 5.74) is 1.37. The van der Waals surface area contributed by atoms with Gasteiger partial charge in [0.2, 0.25) is 5.91 Å². The number of hydrogen-bond donors (Lipinski definition) is 1. The van der Waals surface area contributed by atoms with Gasteiger partial charge >= 0.3 is 0 Å². The van der Waals surface area contributed by atoms with E-state index in [1.54, 1.807) is 7.11 Å². The van der Waals surface area contributed by atoms with E-state index in [9.17, 15) is 4.79 Å². The molecule has 4 nitrogen and oxygen atoms in total. The van der Waals surface area contributed by atoms with Crippen LogP contribution in [0.3, 0.4) is 0 Å². The van der Waals surface area contributed by atoms with Gasteiger partial charge in [-0.2, -0.15) is 0 Å². The second-order valence-electron chi connectivity index (χ2n) is 6.19. The summed E-state index contributed by atoms with van der Waals surface area (Å²) < 4.78 is 11.6. The van der Waals surface area contributed by atoms with Crippen molar-refractivity contribution in [2.24, 2.45) is 0 Å². The van der Waals surface area contributed by atoms with Crippen LogP contribution in [0.2, 0.25) is 0 Å². The Labute approximate surface area is 141 Å². The van der Waals surface area contributed by atoms with Gasteiger partial charge < -0.3 is 14.8 Å². The minimum absolute atomic E-state index is 0.0304. The predicted molar refractivity (Wildman–Crippen MR) is 92.5 cm³/mol. The number of amides is 1. The lowest BCUT2D eigenvalue weighted by atomic mass is 9.87. The van der Waals surface area contributed by atoms with Crippen molar-refractivity contribution in [2.75, 3.05) is 26.9 Å². The molecule has 1 rings (SSSR count). The molecule has 1 aromatic rings. The van der Waals surface area contributed by atoms with E-state index >= 15 is 0 Å². The summed E-state index contributed by atoms with van der Waals surface area (Å²) in [6.45, 7) is 8.14. The molecule has 0 fully saturated rings. The molecule has 0 saturated carbocycles. The lowest BCUT2D eigenvalue weighted by Crippen LogP contribution is -2.26. The van der Waals surface area contributed by atoms with Crippen LogP contribution in [0.5, 0.6) is 5.75 Å². The zero-order chi connectivity index (χ0) is 16.6. The van der Waals surface area contributed by atoms with Crippen molar-refractivity contribution >= 4 is 21.8 Å². The molecule has 1 aromatic carbocycles. The highest BCUT2D eigenvalue weighted by Gasteiger charge is 2.15. The average molecular weight is 372 g/mol. The third-order valence-electron chi connectivity index (χ3n) is 3.23. The van der Waals surface area contributed by atoms with Crippen LogP contribution in [0.15, 0.2) is 22.7 Å². The number of carbonyl (C=O) groups is 1.